The van der Waals surface area contributed by atoms with Crippen LogP contribution in [0.15, 0.2) is 42.5 Å². The van der Waals surface area contributed by atoms with E-state index in [0.717, 1.165) is 30.7 Å². The molecule has 4 heteroatoms. The van der Waals surface area contributed by atoms with Gasteiger partial charge in [-0.1, -0.05) is 29.8 Å². The van der Waals surface area contributed by atoms with Gasteiger partial charge >= 0.3 is 0 Å². The molecular formula is C20H24ClNO2. The Bertz CT molecular complexity index is 689. The average Bonchev–Trinajstić information content (AvgIpc) is 2.61. The Balaban J connectivity index is 1.50. The molecule has 0 bridgehead atoms. The van der Waals surface area contributed by atoms with Crippen molar-refractivity contribution in [2.75, 3.05) is 20.2 Å². The van der Waals surface area contributed by atoms with Gasteiger partial charge in [0.15, 0.2) is 0 Å². The lowest BCUT2D eigenvalue weighted by Gasteiger charge is -2.25. The van der Waals surface area contributed by atoms with Crippen LogP contribution in [0.25, 0.3) is 0 Å². The van der Waals surface area contributed by atoms with Gasteiger partial charge in [-0.15, -0.1) is 0 Å². The topological polar surface area (TPSA) is 41.5 Å². The fourth-order valence-corrected chi connectivity index (χ4v) is 3.56. The van der Waals surface area contributed by atoms with Gasteiger partial charge in [0, 0.05) is 11.6 Å². The maximum absolute atomic E-state index is 10.3. The number of methoxy groups -OCH3 is 1. The van der Waals surface area contributed by atoms with E-state index in [1.165, 1.54) is 17.5 Å². The molecule has 0 amide bonds. The zero-order chi connectivity index (χ0) is 16.9. The molecule has 3 nitrogen and oxygen atoms in total. The van der Waals surface area contributed by atoms with Gasteiger partial charge in [0.25, 0.3) is 0 Å². The molecule has 1 unspecified atom stereocenters. The molecule has 0 radical (unpaired) electrons. The summed E-state index contributed by atoms with van der Waals surface area (Å²) in [4.78, 5) is 0. The van der Waals surface area contributed by atoms with Crippen molar-refractivity contribution < 1.29 is 9.84 Å². The molecule has 0 spiro atoms. The molecule has 0 aromatic heterocycles. The van der Waals surface area contributed by atoms with Crippen molar-refractivity contribution in [2.45, 2.75) is 25.4 Å². The minimum absolute atomic E-state index is 0.528. The van der Waals surface area contributed by atoms with Gasteiger partial charge < -0.3 is 15.2 Å². The Morgan fingerprint density at radius 2 is 2.12 bits per heavy atom. The highest BCUT2D eigenvalue weighted by Crippen LogP contribution is 2.28. The standard InChI is InChI=1S/C20H24ClNO2/c1-24-19-8-7-15-6-5-14(9-17(15)11-19)12-22-13-20(23)16-3-2-4-18(21)10-16/h2-4,7-8,10-11,14,20,22-23H,5-6,9,12-13H2,1H3/t14?,20-/m0/s1. The van der Waals surface area contributed by atoms with Crippen LogP contribution in [0, 0.1) is 5.92 Å². The van der Waals surface area contributed by atoms with Gasteiger partial charge in [-0.05, 0) is 72.7 Å². The molecule has 2 aromatic rings. The first-order valence-electron chi connectivity index (χ1n) is 8.45. The molecule has 0 aliphatic heterocycles. The number of fused-ring (bicyclic) bond motifs is 1. The summed E-state index contributed by atoms with van der Waals surface area (Å²) in [5.41, 5.74) is 3.68. The van der Waals surface area contributed by atoms with E-state index in [-0.39, 0.29) is 0 Å². The third-order valence-electron chi connectivity index (χ3n) is 4.75. The third-order valence-corrected chi connectivity index (χ3v) is 4.98. The van der Waals surface area contributed by atoms with Gasteiger partial charge in [0.1, 0.15) is 5.75 Å². The van der Waals surface area contributed by atoms with E-state index in [1.54, 1.807) is 7.11 Å². The van der Waals surface area contributed by atoms with Crippen LogP contribution in [0.3, 0.4) is 0 Å². The summed E-state index contributed by atoms with van der Waals surface area (Å²) in [6.45, 7) is 1.45. The normalized spacial score (nSPS) is 18.0. The highest BCUT2D eigenvalue weighted by atomic mass is 35.5. The Morgan fingerprint density at radius 1 is 1.25 bits per heavy atom. The fraction of sp³-hybridized carbons (Fsp3) is 0.400. The number of hydrogen-bond donors (Lipinski definition) is 2. The lowest BCUT2D eigenvalue weighted by Crippen LogP contribution is -2.30. The van der Waals surface area contributed by atoms with Crippen molar-refractivity contribution >= 4 is 11.6 Å². The van der Waals surface area contributed by atoms with E-state index in [2.05, 4.69) is 17.4 Å². The Kier molecular flexibility index (Phi) is 5.77. The van der Waals surface area contributed by atoms with E-state index in [0.29, 0.717) is 17.5 Å². The summed E-state index contributed by atoms with van der Waals surface area (Å²) in [5.74, 6) is 1.52. The number of aliphatic hydroxyl groups is 1. The summed E-state index contributed by atoms with van der Waals surface area (Å²) < 4.78 is 5.33. The summed E-state index contributed by atoms with van der Waals surface area (Å²) >= 11 is 5.98. The maximum atomic E-state index is 10.3. The SMILES string of the molecule is COc1ccc2c(c1)CC(CNC[C@H](O)c1cccc(Cl)c1)CC2. The lowest BCUT2D eigenvalue weighted by atomic mass is 9.83. The quantitative estimate of drug-likeness (QED) is 0.837. The second-order valence-corrected chi connectivity index (χ2v) is 6.91. The van der Waals surface area contributed by atoms with Crippen molar-refractivity contribution in [3.05, 3.63) is 64.2 Å². The molecule has 0 saturated carbocycles. The van der Waals surface area contributed by atoms with Gasteiger partial charge in [0.2, 0.25) is 0 Å². The molecule has 1 aliphatic rings. The van der Waals surface area contributed by atoms with E-state index in [9.17, 15) is 5.11 Å². The van der Waals surface area contributed by atoms with E-state index < -0.39 is 6.10 Å². The zero-order valence-electron chi connectivity index (χ0n) is 14.0. The highest BCUT2D eigenvalue weighted by Gasteiger charge is 2.19. The monoisotopic (exact) mass is 345 g/mol. The first-order valence-corrected chi connectivity index (χ1v) is 8.83. The number of nitrogens with one attached hydrogen (secondary N) is 1. The molecule has 24 heavy (non-hydrogen) atoms. The molecule has 1 aliphatic carbocycles. The second kappa shape index (κ2) is 8.02. The van der Waals surface area contributed by atoms with Gasteiger partial charge in [-0.3, -0.25) is 0 Å². The van der Waals surface area contributed by atoms with Crippen molar-refractivity contribution in [2.24, 2.45) is 5.92 Å². The summed E-state index contributed by atoms with van der Waals surface area (Å²) in [6, 6.07) is 13.8. The van der Waals surface area contributed by atoms with Gasteiger partial charge in [-0.25, -0.2) is 0 Å². The van der Waals surface area contributed by atoms with Crippen molar-refractivity contribution in [1.29, 1.82) is 0 Å². The summed E-state index contributed by atoms with van der Waals surface area (Å²) in [5, 5.41) is 14.3. The summed E-state index contributed by atoms with van der Waals surface area (Å²) in [6.07, 6.45) is 2.83. The van der Waals surface area contributed by atoms with E-state index in [4.69, 9.17) is 16.3 Å². The molecule has 128 valence electrons. The number of rotatable bonds is 6. The number of hydrogen-bond acceptors (Lipinski definition) is 3. The molecule has 0 heterocycles. The summed E-state index contributed by atoms with van der Waals surface area (Å²) in [7, 11) is 1.71. The van der Waals surface area contributed by atoms with Crippen LogP contribution in [-0.2, 0) is 12.8 Å². The molecule has 0 saturated heterocycles. The highest BCUT2D eigenvalue weighted by molar-refractivity contribution is 6.30. The van der Waals surface area contributed by atoms with Crippen LogP contribution >= 0.6 is 11.6 Å². The molecule has 2 N–H and O–H groups in total. The number of benzene rings is 2. The predicted molar refractivity (Wildman–Crippen MR) is 97.8 cm³/mol. The van der Waals surface area contributed by atoms with Crippen molar-refractivity contribution in [3.63, 3.8) is 0 Å². The molecule has 2 atom stereocenters. The third kappa shape index (κ3) is 4.29. The number of aryl methyl sites for hydroxylation is 1. The minimum atomic E-state index is -0.528. The maximum Gasteiger partial charge on any atom is 0.119 e. The van der Waals surface area contributed by atoms with Crippen LogP contribution in [0.4, 0.5) is 0 Å². The van der Waals surface area contributed by atoms with Crippen LogP contribution in [-0.4, -0.2) is 25.3 Å². The van der Waals surface area contributed by atoms with E-state index in [1.807, 2.05) is 30.3 Å². The molecule has 3 rings (SSSR count). The Labute approximate surface area is 148 Å². The molecular weight excluding hydrogens is 322 g/mol. The average molecular weight is 346 g/mol. The molecule has 2 aromatic carbocycles. The van der Waals surface area contributed by atoms with Crippen LogP contribution in [0.1, 0.15) is 29.2 Å². The number of aliphatic hydroxyl groups excluding tert-OH is 1. The van der Waals surface area contributed by atoms with E-state index >= 15 is 0 Å². The van der Waals surface area contributed by atoms with Crippen LogP contribution in [0.5, 0.6) is 5.75 Å². The van der Waals surface area contributed by atoms with Gasteiger partial charge in [-0.2, -0.15) is 0 Å². The first kappa shape index (κ1) is 17.3. The second-order valence-electron chi connectivity index (χ2n) is 6.47. The smallest absolute Gasteiger partial charge is 0.119 e. The van der Waals surface area contributed by atoms with Gasteiger partial charge in [0.05, 0.1) is 13.2 Å². The Hall–Kier alpha value is -1.55. The first-order chi connectivity index (χ1) is 11.7. The van der Waals surface area contributed by atoms with Crippen molar-refractivity contribution in [3.8, 4) is 5.75 Å². The van der Waals surface area contributed by atoms with Crippen molar-refractivity contribution in [1.82, 2.24) is 5.32 Å². The zero-order valence-corrected chi connectivity index (χ0v) is 14.7. The number of halogens is 1. The minimum Gasteiger partial charge on any atom is -0.497 e. The van der Waals surface area contributed by atoms with Crippen LogP contribution in [0.2, 0.25) is 5.02 Å². The fourth-order valence-electron chi connectivity index (χ4n) is 3.37. The predicted octanol–water partition coefficient (Wildman–Crippen LogP) is 3.78. The lowest BCUT2D eigenvalue weighted by molar-refractivity contribution is 0.172. The van der Waals surface area contributed by atoms with Crippen LogP contribution < -0.4 is 10.1 Å². The largest absolute Gasteiger partial charge is 0.497 e. The number of ether oxygens (including phenoxy) is 1. The Morgan fingerprint density at radius 3 is 2.92 bits per heavy atom. The molecule has 0 fully saturated rings.